The summed E-state index contributed by atoms with van der Waals surface area (Å²) in [5, 5.41) is 19.1. The quantitative estimate of drug-likeness (QED) is 0.584. The first kappa shape index (κ1) is 18.2. The van der Waals surface area contributed by atoms with Crippen LogP contribution in [0.1, 0.15) is 12.6 Å². The van der Waals surface area contributed by atoms with Crippen LogP contribution in [0.15, 0.2) is 6.33 Å². The van der Waals surface area contributed by atoms with E-state index < -0.39 is 32.6 Å². The summed E-state index contributed by atoms with van der Waals surface area (Å²) in [6.45, 7) is 6.82. The molecule has 3 heterocycles. The molecule has 1 aliphatic heterocycles. The van der Waals surface area contributed by atoms with Gasteiger partial charge in [0, 0.05) is 14.5 Å². The van der Waals surface area contributed by atoms with Gasteiger partial charge in [-0.25, -0.2) is 4.98 Å². The van der Waals surface area contributed by atoms with Gasteiger partial charge in [-0.3, -0.25) is 4.57 Å². The van der Waals surface area contributed by atoms with Crippen LogP contribution in [0.2, 0.25) is 25.7 Å². The summed E-state index contributed by atoms with van der Waals surface area (Å²) >= 11 is 0. The van der Waals surface area contributed by atoms with Crippen LogP contribution in [0.25, 0.3) is 11.2 Å². The van der Waals surface area contributed by atoms with Gasteiger partial charge in [0.05, 0.1) is 25.6 Å². The van der Waals surface area contributed by atoms with Crippen LogP contribution in [0.4, 0.5) is 4.39 Å². The summed E-state index contributed by atoms with van der Waals surface area (Å²) in [7, 11) is -1.29. The maximum atomic E-state index is 13.9. The minimum atomic E-state index is -1.29. The van der Waals surface area contributed by atoms with E-state index in [2.05, 4.69) is 34.6 Å². The Morgan fingerprint density at radius 1 is 1.40 bits per heavy atom. The fourth-order valence-electron chi connectivity index (χ4n) is 2.68. The number of ether oxygens (including phenoxy) is 2. The third-order valence-corrected chi connectivity index (χ3v) is 5.85. The number of rotatable bonds is 6. The Labute approximate surface area is 145 Å². The van der Waals surface area contributed by atoms with Crippen molar-refractivity contribution < 1.29 is 24.1 Å². The number of hydrogen-bond acceptors (Lipinski definition) is 7. The topological polar surface area (TPSA) is 103 Å². The highest BCUT2D eigenvalue weighted by Crippen LogP contribution is 2.32. The average Bonchev–Trinajstić information content (AvgIpc) is 3.08. The Kier molecular flexibility index (Phi) is 5.05. The third kappa shape index (κ3) is 3.97. The van der Waals surface area contributed by atoms with Crippen molar-refractivity contribution in [3.63, 3.8) is 0 Å². The lowest BCUT2D eigenvalue weighted by molar-refractivity contribution is -0.0432. The van der Waals surface area contributed by atoms with E-state index in [0.29, 0.717) is 12.1 Å². The van der Waals surface area contributed by atoms with E-state index in [9.17, 15) is 14.6 Å². The first-order chi connectivity index (χ1) is 11.8. The first-order valence-corrected chi connectivity index (χ1v) is 12.0. The van der Waals surface area contributed by atoms with Crippen LogP contribution in [0, 0.1) is 6.08 Å². The lowest BCUT2D eigenvalue weighted by Gasteiger charge is -2.16. The predicted octanol–water partition coefficient (Wildman–Crippen LogP) is 1.32. The predicted molar refractivity (Wildman–Crippen MR) is 90.5 cm³/mol. The standard InChI is InChI=1S/C15H23FN4O4Si/c1-25(2,3)5-4-23-14-12-13(18-15(16)19-14)20(8-17-12)11-6-9(22)10(7-21)24-11/h8-11,21-22H,4-7H2,1-3H3/t9-,10+,11+/m0/s1. The van der Waals surface area contributed by atoms with Crippen molar-refractivity contribution in [2.45, 2.75) is 50.5 Å². The smallest absolute Gasteiger partial charge is 0.314 e. The van der Waals surface area contributed by atoms with Gasteiger partial charge in [-0.1, -0.05) is 19.6 Å². The van der Waals surface area contributed by atoms with Crippen molar-refractivity contribution >= 4 is 19.2 Å². The van der Waals surface area contributed by atoms with Gasteiger partial charge in [-0.05, 0) is 6.04 Å². The molecule has 1 saturated heterocycles. The van der Waals surface area contributed by atoms with Crippen molar-refractivity contribution in [2.24, 2.45) is 0 Å². The van der Waals surface area contributed by atoms with E-state index in [1.54, 1.807) is 0 Å². The molecule has 0 amide bonds. The third-order valence-electron chi connectivity index (χ3n) is 4.15. The van der Waals surface area contributed by atoms with Gasteiger partial charge in [-0.2, -0.15) is 14.4 Å². The minimum absolute atomic E-state index is 0.108. The van der Waals surface area contributed by atoms with E-state index in [0.717, 1.165) is 6.04 Å². The van der Waals surface area contributed by atoms with Crippen molar-refractivity contribution in [3.05, 3.63) is 12.4 Å². The minimum Gasteiger partial charge on any atom is -0.476 e. The lowest BCUT2D eigenvalue weighted by Crippen LogP contribution is -2.24. The van der Waals surface area contributed by atoms with Crippen molar-refractivity contribution in [1.82, 2.24) is 19.5 Å². The summed E-state index contributed by atoms with van der Waals surface area (Å²) in [5.74, 6) is 0.108. The molecule has 138 valence electrons. The maximum absolute atomic E-state index is 13.9. The Bertz CT molecular complexity index is 751. The molecule has 0 aliphatic carbocycles. The highest BCUT2D eigenvalue weighted by Gasteiger charge is 2.35. The Hall–Kier alpha value is -1.62. The van der Waals surface area contributed by atoms with Crippen LogP contribution in [0.3, 0.4) is 0 Å². The van der Waals surface area contributed by atoms with Gasteiger partial charge < -0.3 is 19.7 Å². The highest BCUT2D eigenvalue weighted by atomic mass is 28.3. The number of imidazole rings is 1. The van der Waals surface area contributed by atoms with E-state index in [1.165, 1.54) is 10.9 Å². The normalized spacial score (nSPS) is 24.2. The Morgan fingerprint density at radius 2 is 2.16 bits per heavy atom. The number of aliphatic hydroxyl groups is 2. The number of hydrogen-bond donors (Lipinski definition) is 2. The summed E-state index contributed by atoms with van der Waals surface area (Å²) in [6.07, 6.45) is -1.25. The molecule has 0 bridgehead atoms. The second kappa shape index (κ2) is 6.94. The molecular formula is C15H23FN4O4Si. The maximum Gasteiger partial charge on any atom is 0.314 e. The molecule has 8 nitrogen and oxygen atoms in total. The highest BCUT2D eigenvalue weighted by molar-refractivity contribution is 6.76. The Balaban J connectivity index is 1.86. The monoisotopic (exact) mass is 370 g/mol. The number of aromatic nitrogens is 4. The molecule has 10 heteroatoms. The second-order valence-electron chi connectivity index (χ2n) is 7.40. The van der Waals surface area contributed by atoms with Crippen LogP contribution in [-0.2, 0) is 4.74 Å². The van der Waals surface area contributed by atoms with Gasteiger partial charge >= 0.3 is 6.08 Å². The summed E-state index contributed by atoms with van der Waals surface area (Å²) < 4.78 is 26.6. The van der Waals surface area contributed by atoms with Gasteiger partial charge in [0.1, 0.15) is 12.3 Å². The fourth-order valence-corrected chi connectivity index (χ4v) is 3.40. The molecule has 1 aliphatic rings. The molecule has 0 saturated carbocycles. The second-order valence-corrected chi connectivity index (χ2v) is 13.0. The molecule has 0 radical (unpaired) electrons. The van der Waals surface area contributed by atoms with E-state index in [-0.39, 0.29) is 24.6 Å². The summed E-state index contributed by atoms with van der Waals surface area (Å²) in [5.41, 5.74) is 0.591. The average molecular weight is 370 g/mol. The molecule has 3 rings (SSSR count). The molecular weight excluding hydrogens is 347 g/mol. The summed E-state index contributed by atoms with van der Waals surface area (Å²) in [6, 6.07) is 0.914. The molecule has 0 spiro atoms. The van der Waals surface area contributed by atoms with Gasteiger partial charge in [0.15, 0.2) is 11.2 Å². The molecule has 25 heavy (non-hydrogen) atoms. The van der Waals surface area contributed by atoms with Crippen LogP contribution >= 0.6 is 0 Å². The van der Waals surface area contributed by atoms with Crippen LogP contribution in [0.5, 0.6) is 5.88 Å². The van der Waals surface area contributed by atoms with Crippen molar-refractivity contribution in [3.8, 4) is 5.88 Å². The molecule has 1 fully saturated rings. The largest absolute Gasteiger partial charge is 0.476 e. The molecule has 0 unspecified atom stereocenters. The molecule has 2 aromatic heterocycles. The van der Waals surface area contributed by atoms with Gasteiger partial charge in [0.2, 0.25) is 5.88 Å². The summed E-state index contributed by atoms with van der Waals surface area (Å²) in [4.78, 5) is 11.7. The first-order valence-electron chi connectivity index (χ1n) is 8.26. The fraction of sp³-hybridized carbons (Fsp3) is 0.667. The van der Waals surface area contributed by atoms with Crippen molar-refractivity contribution in [2.75, 3.05) is 13.2 Å². The zero-order valence-corrected chi connectivity index (χ0v) is 15.5. The SMILES string of the molecule is C[Si](C)(C)CCOc1nc(F)nc2c1ncn2[C@H]1C[C@H](O)[C@@H](CO)O1. The number of halogens is 1. The van der Waals surface area contributed by atoms with E-state index in [4.69, 9.17) is 9.47 Å². The van der Waals surface area contributed by atoms with Crippen LogP contribution in [-0.4, -0.2) is 63.2 Å². The van der Waals surface area contributed by atoms with E-state index in [1.807, 2.05) is 0 Å². The molecule has 3 atom stereocenters. The van der Waals surface area contributed by atoms with Crippen molar-refractivity contribution in [1.29, 1.82) is 0 Å². The Morgan fingerprint density at radius 3 is 2.80 bits per heavy atom. The molecule has 0 aromatic carbocycles. The zero-order chi connectivity index (χ0) is 18.2. The van der Waals surface area contributed by atoms with Gasteiger partial charge in [-0.15, -0.1) is 0 Å². The molecule has 2 aromatic rings. The lowest BCUT2D eigenvalue weighted by atomic mass is 10.2. The van der Waals surface area contributed by atoms with Crippen LogP contribution < -0.4 is 4.74 Å². The molecule has 2 N–H and O–H groups in total. The number of aliphatic hydroxyl groups excluding tert-OH is 2. The number of fused-ring (bicyclic) bond motifs is 1. The number of nitrogens with zero attached hydrogens (tertiary/aromatic N) is 4. The zero-order valence-electron chi connectivity index (χ0n) is 14.5. The van der Waals surface area contributed by atoms with Gasteiger partial charge in [0.25, 0.3) is 0 Å². The van der Waals surface area contributed by atoms with E-state index >= 15 is 0 Å².